The molecule has 0 aromatic carbocycles. The van der Waals surface area contributed by atoms with E-state index in [9.17, 15) is 0 Å². The average Bonchev–Trinajstić information content (AvgIpc) is 2.84. The van der Waals surface area contributed by atoms with Crippen LogP contribution in [0.1, 0.15) is 31.5 Å². The third-order valence-electron chi connectivity index (χ3n) is 4.21. The Morgan fingerprint density at radius 2 is 2.19 bits per heavy atom. The highest BCUT2D eigenvalue weighted by Gasteiger charge is 2.37. The molecule has 2 aliphatic rings. The first-order chi connectivity index (χ1) is 7.83. The van der Waals surface area contributed by atoms with Gasteiger partial charge >= 0.3 is 0 Å². The average molecular weight is 220 g/mol. The van der Waals surface area contributed by atoms with Crippen LogP contribution < -0.4 is 5.32 Å². The Balaban J connectivity index is 1.54. The second kappa shape index (κ2) is 4.18. The van der Waals surface area contributed by atoms with Gasteiger partial charge in [-0.25, -0.2) is 4.98 Å². The molecule has 0 saturated carbocycles. The van der Waals surface area contributed by atoms with Gasteiger partial charge in [-0.05, 0) is 32.7 Å². The third-order valence-corrected chi connectivity index (χ3v) is 4.21. The number of nitrogens with zero attached hydrogens (tertiary/aromatic N) is 2. The van der Waals surface area contributed by atoms with E-state index >= 15 is 0 Å². The summed E-state index contributed by atoms with van der Waals surface area (Å²) < 4.78 is 0. The van der Waals surface area contributed by atoms with Crippen LogP contribution in [0.25, 0.3) is 0 Å². The van der Waals surface area contributed by atoms with Crippen molar-refractivity contribution in [3.05, 3.63) is 18.2 Å². The summed E-state index contributed by atoms with van der Waals surface area (Å²) in [6.07, 6.45) is 9.08. The molecule has 2 saturated heterocycles. The van der Waals surface area contributed by atoms with E-state index in [4.69, 9.17) is 0 Å². The Morgan fingerprint density at radius 1 is 1.44 bits per heavy atom. The van der Waals surface area contributed by atoms with Crippen LogP contribution in [0.2, 0.25) is 0 Å². The van der Waals surface area contributed by atoms with Gasteiger partial charge < -0.3 is 15.2 Å². The van der Waals surface area contributed by atoms with Crippen LogP contribution in [0, 0.1) is 0 Å². The van der Waals surface area contributed by atoms with E-state index in [2.05, 4.69) is 27.2 Å². The minimum atomic E-state index is 0.679. The molecule has 3 heterocycles. The molecule has 0 spiro atoms. The summed E-state index contributed by atoms with van der Waals surface area (Å²) in [6, 6.07) is 2.31. The fourth-order valence-corrected chi connectivity index (χ4v) is 3.21. The topological polar surface area (TPSA) is 44.0 Å². The molecule has 0 aliphatic carbocycles. The Hall–Kier alpha value is -0.870. The Morgan fingerprint density at radius 3 is 2.81 bits per heavy atom. The number of aromatic amines is 1. The largest absolute Gasteiger partial charge is 0.348 e. The molecule has 4 nitrogen and oxygen atoms in total. The highest BCUT2D eigenvalue weighted by atomic mass is 15.2. The number of fused-ring (bicyclic) bond motifs is 2. The Kier molecular flexibility index (Phi) is 2.69. The lowest BCUT2D eigenvalue weighted by atomic mass is 9.98. The van der Waals surface area contributed by atoms with Crippen molar-refractivity contribution >= 4 is 0 Å². The van der Waals surface area contributed by atoms with Gasteiger partial charge in [-0.1, -0.05) is 0 Å². The zero-order valence-electron chi connectivity index (χ0n) is 9.82. The van der Waals surface area contributed by atoms with Crippen molar-refractivity contribution in [2.24, 2.45) is 0 Å². The zero-order valence-corrected chi connectivity index (χ0v) is 9.82. The minimum Gasteiger partial charge on any atom is -0.348 e. The lowest BCUT2D eigenvalue weighted by Gasteiger charge is -2.36. The SMILES string of the molecule is CN1C2CCC1CC(NCc1ncc[nH]1)C2. The van der Waals surface area contributed by atoms with Gasteiger partial charge in [0.15, 0.2) is 0 Å². The van der Waals surface area contributed by atoms with Crippen LogP contribution in [-0.4, -0.2) is 40.0 Å². The highest BCUT2D eigenvalue weighted by molar-refractivity contribution is 4.97. The molecule has 16 heavy (non-hydrogen) atoms. The molecule has 0 radical (unpaired) electrons. The van der Waals surface area contributed by atoms with Crippen molar-refractivity contribution in [1.82, 2.24) is 20.2 Å². The van der Waals surface area contributed by atoms with E-state index in [-0.39, 0.29) is 0 Å². The van der Waals surface area contributed by atoms with E-state index < -0.39 is 0 Å². The van der Waals surface area contributed by atoms with Gasteiger partial charge in [0.1, 0.15) is 5.82 Å². The maximum absolute atomic E-state index is 4.24. The van der Waals surface area contributed by atoms with Crippen molar-refractivity contribution in [1.29, 1.82) is 0 Å². The first-order valence-electron chi connectivity index (χ1n) is 6.26. The number of nitrogens with one attached hydrogen (secondary N) is 2. The van der Waals surface area contributed by atoms with Gasteiger partial charge in [-0.2, -0.15) is 0 Å². The second-order valence-corrected chi connectivity index (χ2v) is 5.14. The van der Waals surface area contributed by atoms with Gasteiger partial charge in [-0.15, -0.1) is 0 Å². The van der Waals surface area contributed by atoms with Crippen molar-refractivity contribution < 1.29 is 0 Å². The molecular weight excluding hydrogens is 200 g/mol. The van der Waals surface area contributed by atoms with Gasteiger partial charge in [0, 0.05) is 30.5 Å². The molecule has 4 heteroatoms. The third kappa shape index (κ3) is 1.87. The first-order valence-corrected chi connectivity index (χ1v) is 6.26. The van der Waals surface area contributed by atoms with E-state index in [1.54, 1.807) is 0 Å². The smallest absolute Gasteiger partial charge is 0.120 e. The fraction of sp³-hybridized carbons (Fsp3) is 0.750. The molecular formula is C12H20N4. The predicted molar refractivity (Wildman–Crippen MR) is 63.0 cm³/mol. The number of piperidine rings is 1. The molecule has 3 rings (SSSR count). The van der Waals surface area contributed by atoms with Crippen molar-refractivity contribution in [3.63, 3.8) is 0 Å². The fourth-order valence-electron chi connectivity index (χ4n) is 3.21. The van der Waals surface area contributed by atoms with Gasteiger partial charge in [0.25, 0.3) is 0 Å². The molecule has 2 fully saturated rings. The van der Waals surface area contributed by atoms with Crippen molar-refractivity contribution in [2.45, 2.75) is 50.4 Å². The second-order valence-electron chi connectivity index (χ2n) is 5.14. The van der Waals surface area contributed by atoms with Crippen molar-refractivity contribution in [3.8, 4) is 0 Å². The number of rotatable bonds is 3. The number of H-pyrrole nitrogens is 1. The summed E-state index contributed by atoms with van der Waals surface area (Å²) in [4.78, 5) is 9.95. The zero-order chi connectivity index (χ0) is 11.0. The van der Waals surface area contributed by atoms with Crippen LogP contribution in [-0.2, 0) is 6.54 Å². The van der Waals surface area contributed by atoms with Crippen LogP contribution in [0.3, 0.4) is 0 Å². The van der Waals surface area contributed by atoms with Gasteiger partial charge in [-0.3, -0.25) is 0 Å². The number of imidazole rings is 1. The Bertz CT molecular complexity index is 321. The van der Waals surface area contributed by atoms with E-state index in [1.165, 1.54) is 25.7 Å². The molecule has 2 unspecified atom stereocenters. The van der Waals surface area contributed by atoms with Crippen LogP contribution in [0.15, 0.2) is 12.4 Å². The molecule has 1 aromatic rings. The molecule has 2 atom stereocenters. The van der Waals surface area contributed by atoms with Crippen LogP contribution in [0.4, 0.5) is 0 Å². The Labute approximate surface area is 96.4 Å². The van der Waals surface area contributed by atoms with Gasteiger partial charge in [0.2, 0.25) is 0 Å². The lowest BCUT2D eigenvalue weighted by molar-refractivity contribution is 0.148. The highest BCUT2D eigenvalue weighted by Crippen LogP contribution is 2.34. The summed E-state index contributed by atoms with van der Waals surface area (Å²) >= 11 is 0. The van der Waals surface area contributed by atoms with Gasteiger partial charge in [0.05, 0.1) is 6.54 Å². The summed E-state index contributed by atoms with van der Waals surface area (Å²) in [5.74, 6) is 1.05. The maximum Gasteiger partial charge on any atom is 0.120 e. The summed E-state index contributed by atoms with van der Waals surface area (Å²) in [6.45, 7) is 0.876. The maximum atomic E-state index is 4.24. The number of hydrogen-bond acceptors (Lipinski definition) is 3. The molecule has 2 N–H and O–H groups in total. The molecule has 2 aliphatic heterocycles. The molecule has 1 aromatic heterocycles. The van der Waals surface area contributed by atoms with Crippen LogP contribution >= 0.6 is 0 Å². The molecule has 2 bridgehead atoms. The minimum absolute atomic E-state index is 0.679. The normalized spacial score (nSPS) is 34.4. The number of aromatic nitrogens is 2. The summed E-state index contributed by atoms with van der Waals surface area (Å²) in [5.41, 5.74) is 0. The van der Waals surface area contributed by atoms with E-state index in [1.807, 2.05) is 12.4 Å². The lowest BCUT2D eigenvalue weighted by Crippen LogP contribution is -2.47. The van der Waals surface area contributed by atoms with E-state index in [0.717, 1.165) is 24.5 Å². The monoisotopic (exact) mass is 220 g/mol. The van der Waals surface area contributed by atoms with E-state index in [0.29, 0.717) is 6.04 Å². The quantitative estimate of drug-likeness (QED) is 0.802. The predicted octanol–water partition coefficient (Wildman–Crippen LogP) is 1.12. The summed E-state index contributed by atoms with van der Waals surface area (Å²) in [5, 5.41) is 3.62. The summed E-state index contributed by atoms with van der Waals surface area (Å²) in [7, 11) is 2.28. The van der Waals surface area contributed by atoms with Crippen LogP contribution in [0.5, 0.6) is 0 Å². The van der Waals surface area contributed by atoms with Crippen molar-refractivity contribution in [2.75, 3.05) is 7.05 Å². The molecule has 88 valence electrons. The number of hydrogen-bond donors (Lipinski definition) is 2. The first kappa shape index (κ1) is 10.3. The molecule has 0 amide bonds. The standard InChI is InChI=1S/C12H20N4/c1-16-10-2-3-11(16)7-9(6-10)15-8-12-13-4-5-14-12/h4-5,9-11,15H,2-3,6-8H2,1H3,(H,13,14).